The summed E-state index contributed by atoms with van der Waals surface area (Å²) in [5.41, 5.74) is 4.00. The van der Waals surface area contributed by atoms with E-state index in [2.05, 4.69) is 16.7 Å². The summed E-state index contributed by atoms with van der Waals surface area (Å²) in [6.45, 7) is 3.98. The molecule has 0 bridgehead atoms. The lowest BCUT2D eigenvalue weighted by atomic mass is 9.81. The molecule has 0 radical (unpaired) electrons. The van der Waals surface area contributed by atoms with Crippen molar-refractivity contribution in [3.8, 4) is 6.07 Å². The molecule has 5 nitrogen and oxygen atoms in total. The Bertz CT molecular complexity index is 901. The number of amides is 2. The van der Waals surface area contributed by atoms with Crippen LogP contribution in [0.15, 0.2) is 42.5 Å². The predicted molar refractivity (Wildman–Crippen MR) is 110 cm³/mol. The van der Waals surface area contributed by atoms with Crippen LogP contribution >= 0.6 is 0 Å². The molecule has 0 aromatic heterocycles. The van der Waals surface area contributed by atoms with Crippen molar-refractivity contribution >= 4 is 23.2 Å². The van der Waals surface area contributed by atoms with Crippen LogP contribution in [0, 0.1) is 37.0 Å². The third kappa shape index (κ3) is 4.40. The second-order valence-corrected chi connectivity index (χ2v) is 7.45. The number of nitriles is 1. The van der Waals surface area contributed by atoms with Gasteiger partial charge in [-0.3, -0.25) is 9.59 Å². The number of benzene rings is 2. The number of rotatable bonds is 4. The van der Waals surface area contributed by atoms with Gasteiger partial charge in [-0.05, 0) is 62.8 Å². The first-order valence-electron chi connectivity index (χ1n) is 9.66. The number of hydrogen-bond donors (Lipinski definition) is 2. The minimum atomic E-state index is -0.129. The lowest BCUT2D eigenvalue weighted by Crippen LogP contribution is -2.32. The Balaban J connectivity index is 1.56. The van der Waals surface area contributed by atoms with Gasteiger partial charge in [0.25, 0.3) is 0 Å². The van der Waals surface area contributed by atoms with Crippen molar-refractivity contribution in [1.82, 2.24) is 0 Å². The van der Waals surface area contributed by atoms with Crippen molar-refractivity contribution in [1.29, 1.82) is 5.26 Å². The molecule has 1 aliphatic carbocycles. The van der Waals surface area contributed by atoms with Crippen LogP contribution in [0.3, 0.4) is 0 Å². The van der Waals surface area contributed by atoms with Gasteiger partial charge < -0.3 is 10.6 Å². The van der Waals surface area contributed by atoms with E-state index in [1.165, 1.54) is 0 Å². The zero-order valence-electron chi connectivity index (χ0n) is 16.3. The molecule has 2 amide bonds. The molecule has 0 atom stereocenters. The van der Waals surface area contributed by atoms with E-state index >= 15 is 0 Å². The highest BCUT2D eigenvalue weighted by Gasteiger charge is 2.30. The molecule has 1 aliphatic rings. The third-order valence-electron chi connectivity index (χ3n) is 5.50. The Hall–Kier alpha value is -3.13. The maximum atomic E-state index is 12.7. The van der Waals surface area contributed by atoms with E-state index in [1.54, 1.807) is 24.3 Å². The van der Waals surface area contributed by atoms with Gasteiger partial charge in [-0.15, -0.1) is 0 Å². The molecule has 0 aliphatic heterocycles. The summed E-state index contributed by atoms with van der Waals surface area (Å²) in [7, 11) is 0. The van der Waals surface area contributed by atoms with Gasteiger partial charge in [0.1, 0.15) is 6.07 Å². The van der Waals surface area contributed by atoms with Crippen molar-refractivity contribution in [2.24, 2.45) is 11.8 Å². The molecule has 5 heteroatoms. The Morgan fingerprint density at radius 3 is 1.96 bits per heavy atom. The van der Waals surface area contributed by atoms with E-state index in [4.69, 9.17) is 5.26 Å². The van der Waals surface area contributed by atoms with Gasteiger partial charge in [0.2, 0.25) is 11.8 Å². The Morgan fingerprint density at radius 1 is 0.857 bits per heavy atom. The van der Waals surface area contributed by atoms with Crippen LogP contribution in [-0.2, 0) is 9.59 Å². The molecule has 0 unspecified atom stereocenters. The smallest absolute Gasteiger partial charge is 0.227 e. The zero-order valence-corrected chi connectivity index (χ0v) is 16.3. The number of anilines is 2. The summed E-state index contributed by atoms with van der Waals surface area (Å²) < 4.78 is 0. The highest BCUT2D eigenvalue weighted by Crippen LogP contribution is 2.31. The van der Waals surface area contributed by atoms with Crippen molar-refractivity contribution in [2.75, 3.05) is 10.6 Å². The fraction of sp³-hybridized carbons (Fsp3) is 0.348. The van der Waals surface area contributed by atoms with Crippen molar-refractivity contribution in [3.63, 3.8) is 0 Å². The highest BCUT2D eigenvalue weighted by molar-refractivity contribution is 5.95. The number of hydrogen-bond acceptors (Lipinski definition) is 3. The highest BCUT2D eigenvalue weighted by atomic mass is 16.2. The fourth-order valence-corrected chi connectivity index (χ4v) is 3.78. The maximum absolute atomic E-state index is 12.7. The van der Waals surface area contributed by atoms with E-state index in [-0.39, 0.29) is 23.7 Å². The van der Waals surface area contributed by atoms with Gasteiger partial charge in [-0.1, -0.05) is 30.3 Å². The molecule has 1 fully saturated rings. The van der Waals surface area contributed by atoms with Crippen LogP contribution in [0.2, 0.25) is 0 Å². The second-order valence-electron chi connectivity index (χ2n) is 7.45. The first-order chi connectivity index (χ1) is 13.5. The van der Waals surface area contributed by atoms with Gasteiger partial charge in [-0.25, -0.2) is 0 Å². The van der Waals surface area contributed by atoms with Crippen LogP contribution in [0.25, 0.3) is 0 Å². The van der Waals surface area contributed by atoms with Crippen LogP contribution in [0.5, 0.6) is 0 Å². The van der Waals surface area contributed by atoms with E-state index < -0.39 is 0 Å². The molecule has 2 aromatic carbocycles. The van der Waals surface area contributed by atoms with E-state index in [9.17, 15) is 9.59 Å². The predicted octanol–water partition coefficient (Wildman–Crippen LogP) is 4.56. The summed E-state index contributed by atoms with van der Waals surface area (Å²) in [5.74, 6) is -0.243. The van der Waals surface area contributed by atoms with Gasteiger partial charge in [-0.2, -0.15) is 5.26 Å². The minimum absolute atomic E-state index is 0.0334. The van der Waals surface area contributed by atoms with Crippen molar-refractivity contribution in [2.45, 2.75) is 39.5 Å². The number of carbonyl (C=O) groups excluding carboxylic acids is 2. The molecule has 0 saturated heterocycles. The van der Waals surface area contributed by atoms with E-state index in [0.29, 0.717) is 36.9 Å². The standard InChI is InChI=1S/C23H25N3O2/c1-15-6-5-7-16(2)21(15)26-23(28)18-12-10-17(11-13-18)22(27)25-20-9-4-3-8-19(20)14-24/h3-9,17-18H,10-13H2,1-2H3,(H,25,27)(H,26,28). The van der Waals surface area contributed by atoms with Crippen LogP contribution in [-0.4, -0.2) is 11.8 Å². The largest absolute Gasteiger partial charge is 0.325 e. The number of nitrogens with zero attached hydrogens (tertiary/aromatic N) is 1. The van der Waals surface area contributed by atoms with E-state index in [1.807, 2.05) is 32.0 Å². The van der Waals surface area contributed by atoms with Crippen LogP contribution in [0.4, 0.5) is 11.4 Å². The Morgan fingerprint density at radius 2 is 1.39 bits per heavy atom. The maximum Gasteiger partial charge on any atom is 0.227 e. The summed E-state index contributed by atoms with van der Waals surface area (Å²) in [6, 6.07) is 15.0. The summed E-state index contributed by atoms with van der Waals surface area (Å²) in [5, 5.41) is 15.1. The minimum Gasteiger partial charge on any atom is -0.325 e. The van der Waals surface area contributed by atoms with Crippen molar-refractivity contribution in [3.05, 3.63) is 59.2 Å². The molecule has 0 heterocycles. The lowest BCUT2D eigenvalue weighted by molar-refractivity contribution is -0.125. The first-order valence-corrected chi connectivity index (χ1v) is 9.66. The number of nitrogens with one attached hydrogen (secondary N) is 2. The molecule has 2 aromatic rings. The van der Waals surface area contributed by atoms with Crippen LogP contribution in [0.1, 0.15) is 42.4 Å². The molecule has 1 saturated carbocycles. The Labute approximate surface area is 165 Å². The zero-order chi connectivity index (χ0) is 20.1. The molecule has 3 rings (SSSR count). The third-order valence-corrected chi connectivity index (χ3v) is 5.50. The summed E-state index contributed by atoms with van der Waals surface area (Å²) in [6.07, 6.45) is 2.72. The topological polar surface area (TPSA) is 82.0 Å². The number of para-hydroxylation sites is 2. The molecular weight excluding hydrogens is 350 g/mol. The Kier molecular flexibility index (Phi) is 6.10. The number of aryl methyl sites for hydroxylation is 2. The molecule has 144 valence electrons. The summed E-state index contributed by atoms with van der Waals surface area (Å²) in [4.78, 5) is 25.2. The van der Waals surface area contributed by atoms with Gasteiger partial charge in [0.15, 0.2) is 0 Å². The van der Waals surface area contributed by atoms with Crippen molar-refractivity contribution < 1.29 is 9.59 Å². The van der Waals surface area contributed by atoms with E-state index in [0.717, 1.165) is 16.8 Å². The summed E-state index contributed by atoms with van der Waals surface area (Å²) >= 11 is 0. The normalized spacial score (nSPS) is 18.8. The fourth-order valence-electron chi connectivity index (χ4n) is 3.78. The average molecular weight is 375 g/mol. The van der Waals surface area contributed by atoms with Crippen LogP contribution < -0.4 is 10.6 Å². The second kappa shape index (κ2) is 8.71. The molecular formula is C23H25N3O2. The van der Waals surface area contributed by atoms with Gasteiger partial charge >= 0.3 is 0 Å². The molecule has 28 heavy (non-hydrogen) atoms. The SMILES string of the molecule is Cc1cccc(C)c1NC(=O)C1CCC(C(=O)Nc2ccccc2C#N)CC1. The van der Waals surface area contributed by atoms with Gasteiger partial charge in [0, 0.05) is 17.5 Å². The number of carbonyl (C=O) groups is 2. The van der Waals surface area contributed by atoms with Gasteiger partial charge in [0.05, 0.1) is 11.3 Å². The molecule has 2 N–H and O–H groups in total. The quantitative estimate of drug-likeness (QED) is 0.822. The monoisotopic (exact) mass is 375 g/mol. The lowest BCUT2D eigenvalue weighted by Gasteiger charge is -2.27. The first kappa shape index (κ1) is 19.6. The molecule has 0 spiro atoms. The average Bonchev–Trinajstić information content (AvgIpc) is 2.71.